The summed E-state index contributed by atoms with van der Waals surface area (Å²) < 4.78 is 0. The standard InChI is InChI=1S/C19H30N2/c1-4-15(2)12-21-13-18(16-8-6-5-7-9-16)20-14-19(21,3)17-10-11-17/h5-9,15,17-18,20H,4,10-14H2,1-3H3. The molecule has 2 aliphatic rings. The highest BCUT2D eigenvalue weighted by molar-refractivity contribution is 5.21. The summed E-state index contributed by atoms with van der Waals surface area (Å²) in [6.45, 7) is 10.7. The summed E-state index contributed by atoms with van der Waals surface area (Å²) in [7, 11) is 0. The molecule has 0 amide bonds. The van der Waals surface area contributed by atoms with Crippen LogP contribution in [0.3, 0.4) is 0 Å². The van der Waals surface area contributed by atoms with Gasteiger partial charge >= 0.3 is 0 Å². The highest BCUT2D eigenvalue weighted by atomic mass is 15.3. The van der Waals surface area contributed by atoms with Crippen molar-refractivity contribution in [1.82, 2.24) is 10.2 Å². The lowest BCUT2D eigenvalue weighted by atomic mass is 9.87. The molecule has 1 aliphatic carbocycles. The highest BCUT2D eigenvalue weighted by Crippen LogP contribution is 2.45. The zero-order valence-corrected chi connectivity index (χ0v) is 13.8. The number of hydrogen-bond acceptors (Lipinski definition) is 2. The molecule has 0 bridgehead atoms. The van der Waals surface area contributed by atoms with E-state index in [1.54, 1.807) is 0 Å². The molecule has 116 valence electrons. The minimum atomic E-state index is 0.370. The van der Waals surface area contributed by atoms with E-state index in [-0.39, 0.29) is 0 Å². The van der Waals surface area contributed by atoms with Crippen LogP contribution in [-0.2, 0) is 0 Å². The third-order valence-corrected chi connectivity index (χ3v) is 5.72. The van der Waals surface area contributed by atoms with Gasteiger partial charge in [0.1, 0.15) is 0 Å². The maximum Gasteiger partial charge on any atom is 0.0450 e. The summed E-state index contributed by atoms with van der Waals surface area (Å²) in [5.74, 6) is 1.70. The fourth-order valence-corrected chi connectivity index (χ4v) is 3.74. The van der Waals surface area contributed by atoms with Crippen molar-refractivity contribution in [2.24, 2.45) is 11.8 Å². The van der Waals surface area contributed by atoms with Crippen molar-refractivity contribution in [1.29, 1.82) is 0 Å². The molecule has 2 fully saturated rings. The second-order valence-corrected chi connectivity index (χ2v) is 7.39. The maximum atomic E-state index is 3.83. The molecule has 3 rings (SSSR count). The molecule has 3 atom stereocenters. The van der Waals surface area contributed by atoms with Gasteiger partial charge in [-0.25, -0.2) is 0 Å². The average molecular weight is 286 g/mol. The summed E-state index contributed by atoms with van der Waals surface area (Å²) in [6, 6.07) is 11.4. The molecule has 1 aromatic carbocycles. The molecular formula is C19H30N2. The van der Waals surface area contributed by atoms with E-state index in [0.717, 1.165) is 24.9 Å². The molecule has 1 aromatic rings. The van der Waals surface area contributed by atoms with Crippen molar-refractivity contribution < 1.29 is 0 Å². The van der Waals surface area contributed by atoms with E-state index < -0.39 is 0 Å². The van der Waals surface area contributed by atoms with Gasteiger partial charge in [0, 0.05) is 31.2 Å². The minimum absolute atomic E-state index is 0.370. The van der Waals surface area contributed by atoms with Gasteiger partial charge in [-0.3, -0.25) is 4.90 Å². The largest absolute Gasteiger partial charge is 0.307 e. The summed E-state index contributed by atoms with van der Waals surface area (Å²) in [5.41, 5.74) is 1.80. The first-order valence-electron chi connectivity index (χ1n) is 8.67. The molecule has 0 aromatic heterocycles. The van der Waals surface area contributed by atoms with E-state index in [1.807, 2.05) is 0 Å². The molecule has 2 nitrogen and oxygen atoms in total. The van der Waals surface area contributed by atoms with Crippen molar-refractivity contribution in [2.75, 3.05) is 19.6 Å². The van der Waals surface area contributed by atoms with Crippen LogP contribution in [0.15, 0.2) is 30.3 Å². The second kappa shape index (κ2) is 6.10. The first-order chi connectivity index (χ1) is 10.1. The lowest BCUT2D eigenvalue weighted by Crippen LogP contribution is -2.62. The zero-order valence-electron chi connectivity index (χ0n) is 13.8. The summed E-state index contributed by atoms with van der Waals surface area (Å²) >= 11 is 0. The fourth-order valence-electron chi connectivity index (χ4n) is 3.74. The Balaban J connectivity index is 1.76. The van der Waals surface area contributed by atoms with Crippen LogP contribution in [0, 0.1) is 11.8 Å². The van der Waals surface area contributed by atoms with Gasteiger partial charge in [-0.15, -0.1) is 0 Å². The Hall–Kier alpha value is -0.860. The van der Waals surface area contributed by atoms with Crippen molar-refractivity contribution in [3.05, 3.63) is 35.9 Å². The van der Waals surface area contributed by atoms with Crippen molar-refractivity contribution in [3.63, 3.8) is 0 Å². The molecule has 1 aliphatic heterocycles. The van der Waals surface area contributed by atoms with E-state index in [9.17, 15) is 0 Å². The molecule has 1 heterocycles. The Morgan fingerprint density at radius 2 is 2.00 bits per heavy atom. The Morgan fingerprint density at radius 3 is 2.62 bits per heavy atom. The Bertz CT molecular complexity index is 454. The van der Waals surface area contributed by atoms with E-state index in [2.05, 4.69) is 61.3 Å². The molecule has 21 heavy (non-hydrogen) atoms. The third kappa shape index (κ3) is 3.17. The van der Waals surface area contributed by atoms with Crippen molar-refractivity contribution in [3.8, 4) is 0 Å². The van der Waals surface area contributed by atoms with Gasteiger partial charge in [-0.05, 0) is 37.2 Å². The van der Waals surface area contributed by atoms with Crippen LogP contribution in [-0.4, -0.2) is 30.1 Å². The molecule has 2 heteroatoms. The lowest BCUT2D eigenvalue weighted by molar-refractivity contribution is 0.0228. The number of nitrogens with one attached hydrogen (secondary N) is 1. The van der Waals surface area contributed by atoms with Crippen LogP contribution in [0.25, 0.3) is 0 Å². The number of rotatable bonds is 5. The number of piperazine rings is 1. The van der Waals surface area contributed by atoms with E-state index in [4.69, 9.17) is 0 Å². The zero-order chi connectivity index (χ0) is 14.9. The van der Waals surface area contributed by atoms with Crippen molar-refractivity contribution in [2.45, 2.75) is 51.6 Å². The monoisotopic (exact) mass is 286 g/mol. The van der Waals surface area contributed by atoms with Gasteiger partial charge in [0.15, 0.2) is 0 Å². The first-order valence-corrected chi connectivity index (χ1v) is 8.67. The van der Waals surface area contributed by atoms with Crippen LogP contribution in [0.1, 0.15) is 51.6 Å². The van der Waals surface area contributed by atoms with Gasteiger partial charge < -0.3 is 5.32 Å². The lowest BCUT2D eigenvalue weighted by Gasteiger charge is -2.49. The van der Waals surface area contributed by atoms with E-state index in [0.29, 0.717) is 11.6 Å². The molecule has 1 N–H and O–H groups in total. The van der Waals surface area contributed by atoms with Gasteiger partial charge in [0.05, 0.1) is 0 Å². The van der Waals surface area contributed by atoms with Crippen LogP contribution in [0.2, 0.25) is 0 Å². The highest BCUT2D eigenvalue weighted by Gasteiger charge is 2.48. The Morgan fingerprint density at radius 1 is 1.29 bits per heavy atom. The molecule has 1 saturated carbocycles. The van der Waals surface area contributed by atoms with E-state index >= 15 is 0 Å². The van der Waals surface area contributed by atoms with E-state index in [1.165, 1.54) is 31.4 Å². The number of nitrogens with zero attached hydrogens (tertiary/aromatic N) is 1. The van der Waals surface area contributed by atoms with Gasteiger partial charge in [0.2, 0.25) is 0 Å². The molecular weight excluding hydrogens is 256 g/mol. The quantitative estimate of drug-likeness (QED) is 0.884. The topological polar surface area (TPSA) is 15.3 Å². The summed E-state index contributed by atoms with van der Waals surface area (Å²) in [5, 5.41) is 3.83. The Kier molecular flexibility index (Phi) is 4.37. The van der Waals surface area contributed by atoms with Crippen LogP contribution >= 0.6 is 0 Å². The Labute approximate surface area is 129 Å². The normalized spacial score (nSPS) is 32.0. The fraction of sp³-hybridized carbons (Fsp3) is 0.684. The predicted octanol–water partition coefficient (Wildman–Crippen LogP) is 3.85. The maximum absolute atomic E-state index is 3.83. The smallest absolute Gasteiger partial charge is 0.0450 e. The molecule has 1 saturated heterocycles. The number of benzene rings is 1. The van der Waals surface area contributed by atoms with Crippen LogP contribution in [0.4, 0.5) is 0 Å². The van der Waals surface area contributed by atoms with Crippen LogP contribution in [0.5, 0.6) is 0 Å². The summed E-state index contributed by atoms with van der Waals surface area (Å²) in [6.07, 6.45) is 4.12. The van der Waals surface area contributed by atoms with Crippen LogP contribution < -0.4 is 5.32 Å². The molecule has 3 unspecified atom stereocenters. The van der Waals surface area contributed by atoms with Gasteiger partial charge in [0.25, 0.3) is 0 Å². The molecule has 0 radical (unpaired) electrons. The van der Waals surface area contributed by atoms with Gasteiger partial charge in [-0.2, -0.15) is 0 Å². The van der Waals surface area contributed by atoms with Gasteiger partial charge in [-0.1, -0.05) is 50.6 Å². The second-order valence-electron chi connectivity index (χ2n) is 7.39. The van der Waals surface area contributed by atoms with Crippen molar-refractivity contribution >= 4 is 0 Å². The minimum Gasteiger partial charge on any atom is -0.307 e. The summed E-state index contributed by atoms with van der Waals surface area (Å²) in [4.78, 5) is 2.80. The average Bonchev–Trinajstić information content (AvgIpc) is 3.35. The number of hydrogen-bond donors (Lipinski definition) is 1. The predicted molar refractivity (Wildman–Crippen MR) is 89.3 cm³/mol. The molecule has 0 spiro atoms. The SMILES string of the molecule is CCC(C)CN1CC(c2ccccc2)NCC1(C)C1CC1. The third-order valence-electron chi connectivity index (χ3n) is 5.72. The first kappa shape index (κ1) is 15.1.